The second-order valence-corrected chi connectivity index (χ2v) is 4.03. The average Bonchev–Trinajstić information content (AvgIpc) is 2.29. The van der Waals surface area contributed by atoms with Crippen LogP contribution in [0.2, 0.25) is 0 Å². The Morgan fingerprint density at radius 2 is 1.94 bits per heavy atom. The molecule has 1 amide bonds. The fourth-order valence-electron chi connectivity index (χ4n) is 1.40. The number of carbonyl (C=O) groups excluding carboxylic acids is 2. The van der Waals surface area contributed by atoms with Gasteiger partial charge in [0.2, 0.25) is 5.91 Å². The molecular weight excluding hydrogens is 202 g/mol. The maximum atomic E-state index is 11.6. The van der Waals surface area contributed by atoms with Crippen molar-refractivity contribution in [1.82, 2.24) is 5.32 Å². The lowest BCUT2D eigenvalue weighted by atomic mass is 10.0. The maximum absolute atomic E-state index is 11.6. The van der Waals surface area contributed by atoms with Gasteiger partial charge in [0.25, 0.3) is 0 Å². The Labute approximate surface area is 95.9 Å². The number of hydrogen-bond acceptors (Lipinski definition) is 2. The fraction of sp³-hybridized carbons (Fsp3) is 0.385. The van der Waals surface area contributed by atoms with Crippen molar-refractivity contribution in [1.29, 1.82) is 0 Å². The van der Waals surface area contributed by atoms with Gasteiger partial charge < -0.3 is 10.1 Å². The molecule has 3 heteroatoms. The van der Waals surface area contributed by atoms with Gasteiger partial charge in [-0.05, 0) is 5.56 Å². The van der Waals surface area contributed by atoms with Gasteiger partial charge in [0.15, 0.2) is 0 Å². The molecule has 1 N–H and O–H groups in total. The van der Waals surface area contributed by atoms with Crippen molar-refractivity contribution in [2.75, 3.05) is 0 Å². The molecule has 1 aromatic rings. The molecule has 0 aromatic heterocycles. The highest BCUT2D eigenvalue weighted by Gasteiger charge is 2.15. The third-order valence-electron chi connectivity index (χ3n) is 2.37. The van der Waals surface area contributed by atoms with Crippen LogP contribution in [0.4, 0.5) is 0 Å². The molecule has 0 bridgehead atoms. The number of aldehydes is 1. The van der Waals surface area contributed by atoms with E-state index < -0.39 is 0 Å². The zero-order valence-electron chi connectivity index (χ0n) is 9.64. The van der Waals surface area contributed by atoms with Gasteiger partial charge in [-0.3, -0.25) is 4.79 Å². The minimum absolute atomic E-state index is 0.0318. The molecule has 0 aliphatic carbocycles. The summed E-state index contributed by atoms with van der Waals surface area (Å²) < 4.78 is 0. The van der Waals surface area contributed by atoms with E-state index in [4.69, 9.17) is 0 Å². The van der Waals surface area contributed by atoms with Crippen LogP contribution in [-0.2, 0) is 9.59 Å². The van der Waals surface area contributed by atoms with Gasteiger partial charge >= 0.3 is 0 Å². The van der Waals surface area contributed by atoms with Crippen LogP contribution in [0.1, 0.15) is 31.9 Å². The predicted octanol–water partition coefficient (Wildman–Crippen LogP) is 2.09. The molecule has 0 unspecified atom stereocenters. The SMILES string of the molecule is CC(C)C(=O)N[C@@H](CC=O)c1ccccc1. The van der Waals surface area contributed by atoms with Crippen LogP contribution < -0.4 is 5.32 Å². The predicted molar refractivity (Wildman–Crippen MR) is 62.8 cm³/mol. The number of rotatable bonds is 5. The zero-order chi connectivity index (χ0) is 12.0. The third kappa shape index (κ3) is 3.50. The molecule has 0 heterocycles. The highest BCUT2D eigenvalue weighted by molar-refractivity contribution is 5.78. The molecule has 1 rings (SSSR count). The van der Waals surface area contributed by atoms with E-state index in [1.807, 2.05) is 44.2 Å². The first kappa shape index (κ1) is 12.4. The lowest BCUT2D eigenvalue weighted by molar-refractivity contribution is -0.124. The molecule has 0 aliphatic rings. The molecule has 1 aromatic carbocycles. The van der Waals surface area contributed by atoms with E-state index in [1.54, 1.807) is 0 Å². The topological polar surface area (TPSA) is 46.2 Å². The second-order valence-electron chi connectivity index (χ2n) is 4.03. The van der Waals surface area contributed by atoms with E-state index in [0.717, 1.165) is 11.8 Å². The fourth-order valence-corrected chi connectivity index (χ4v) is 1.40. The Morgan fingerprint density at radius 3 is 2.44 bits per heavy atom. The summed E-state index contributed by atoms with van der Waals surface area (Å²) in [6.07, 6.45) is 1.14. The number of carbonyl (C=O) groups is 2. The minimum Gasteiger partial charge on any atom is -0.349 e. The minimum atomic E-state index is -0.214. The molecule has 0 saturated heterocycles. The molecule has 0 radical (unpaired) electrons. The number of amides is 1. The van der Waals surface area contributed by atoms with Crippen LogP contribution in [0.15, 0.2) is 30.3 Å². The normalized spacial score (nSPS) is 12.2. The van der Waals surface area contributed by atoms with E-state index in [9.17, 15) is 9.59 Å². The van der Waals surface area contributed by atoms with Gasteiger partial charge in [-0.1, -0.05) is 44.2 Å². The van der Waals surface area contributed by atoms with E-state index in [1.165, 1.54) is 0 Å². The molecule has 1 atom stereocenters. The summed E-state index contributed by atoms with van der Waals surface area (Å²) in [6, 6.07) is 9.31. The Bertz CT molecular complexity index is 346. The van der Waals surface area contributed by atoms with Crippen LogP contribution >= 0.6 is 0 Å². The van der Waals surface area contributed by atoms with Crippen molar-refractivity contribution in [3.63, 3.8) is 0 Å². The standard InChI is InChI=1S/C13H17NO2/c1-10(2)13(16)14-12(8-9-15)11-6-4-3-5-7-11/h3-7,9-10,12H,8H2,1-2H3,(H,14,16)/t12-/m0/s1. The van der Waals surface area contributed by atoms with Crippen LogP contribution in [0.5, 0.6) is 0 Å². The molecular formula is C13H17NO2. The highest BCUT2D eigenvalue weighted by atomic mass is 16.2. The first-order valence-corrected chi connectivity index (χ1v) is 5.44. The monoisotopic (exact) mass is 219 g/mol. The Morgan fingerprint density at radius 1 is 1.31 bits per heavy atom. The van der Waals surface area contributed by atoms with Crippen molar-refractivity contribution in [2.24, 2.45) is 5.92 Å². The van der Waals surface area contributed by atoms with Crippen LogP contribution in [0.3, 0.4) is 0 Å². The lowest BCUT2D eigenvalue weighted by Gasteiger charge is -2.18. The first-order valence-electron chi connectivity index (χ1n) is 5.44. The maximum Gasteiger partial charge on any atom is 0.223 e. The lowest BCUT2D eigenvalue weighted by Crippen LogP contribution is -2.32. The Kier molecular flexibility index (Phi) is 4.70. The third-order valence-corrected chi connectivity index (χ3v) is 2.37. The van der Waals surface area contributed by atoms with Crippen molar-refractivity contribution in [3.8, 4) is 0 Å². The molecule has 16 heavy (non-hydrogen) atoms. The van der Waals surface area contributed by atoms with Crippen molar-refractivity contribution >= 4 is 12.2 Å². The molecule has 3 nitrogen and oxygen atoms in total. The van der Waals surface area contributed by atoms with E-state index in [-0.39, 0.29) is 17.9 Å². The number of nitrogens with one attached hydrogen (secondary N) is 1. The Hall–Kier alpha value is -1.64. The molecule has 0 spiro atoms. The summed E-state index contributed by atoms with van der Waals surface area (Å²) in [5.74, 6) is -0.103. The summed E-state index contributed by atoms with van der Waals surface area (Å²) in [5.41, 5.74) is 0.962. The smallest absolute Gasteiger partial charge is 0.223 e. The largest absolute Gasteiger partial charge is 0.349 e. The van der Waals surface area contributed by atoms with Crippen LogP contribution in [0, 0.1) is 5.92 Å². The molecule has 86 valence electrons. The Balaban J connectivity index is 2.76. The van der Waals surface area contributed by atoms with Crippen molar-refractivity contribution in [2.45, 2.75) is 26.3 Å². The van der Waals surface area contributed by atoms with Gasteiger partial charge in [0.05, 0.1) is 6.04 Å². The zero-order valence-corrected chi connectivity index (χ0v) is 9.64. The summed E-state index contributed by atoms with van der Waals surface area (Å²) in [6.45, 7) is 3.66. The van der Waals surface area contributed by atoms with Gasteiger partial charge in [0, 0.05) is 12.3 Å². The van der Waals surface area contributed by atoms with Crippen LogP contribution in [0.25, 0.3) is 0 Å². The first-order chi connectivity index (χ1) is 7.65. The summed E-state index contributed by atoms with van der Waals surface area (Å²) >= 11 is 0. The van der Waals surface area contributed by atoms with Gasteiger partial charge in [-0.15, -0.1) is 0 Å². The highest BCUT2D eigenvalue weighted by Crippen LogP contribution is 2.15. The van der Waals surface area contributed by atoms with E-state index >= 15 is 0 Å². The van der Waals surface area contributed by atoms with E-state index in [2.05, 4.69) is 5.32 Å². The number of benzene rings is 1. The van der Waals surface area contributed by atoms with Crippen molar-refractivity contribution in [3.05, 3.63) is 35.9 Å². The summed E-state index contributed by atoms with van der Waals surface area (Å²) in [4.78, 5) is 22.2. The van der Waals surface area contributed by atoms with E-state index in [0.29, 0.717) is 6.42 Å². The molecule has 0 fully saturated rings. The summed E-state index contributed by atoms with van der Waals surface area (Å²) in [7, 11) is 0. The van der Waals surface area contributed by atoms with Gasteiger partial charge in [-0.2, -0.15) is 0 Å². The average molecular weight is 219 g/mol. The summed E-state index contributed by atoms with van der Waals surface area (Å²) in [5, 5.41) is 2.86. The number of hydrogen-bond donors (Lipinski definition) is 1. The van der Waals surface area contributed by atoms with Gasteiger partial charge in [0.1, 0.15) is 6.29 Å². The second kappa shape index (κ2) is 6.05. The molecule has 0 aliphatic heterocycles. The van der Waals surface area contributed by atoms with Crippen LogP contribution in [-0.4, -0.2) is 12.2 Å². The quantitative estimate of drug-likeness (QED) is 0.771. The van der Waals surface area contributed by atoms with Gasteiger partial charge in [-0.25, -0.2) is 0 Å². The van der Waals surface area contributed by atoms with Crippen molar-refractivity contribution < 1.29 is 9.59 Å². The molecule has 0 saturated carbocycles.